The lowest BCUT2D eigenvalue weighted by molar-refractivity contribution is 0.0572. The number of hydrogen-bond donors (Lipinski definition) is 2. The summed E-state index contributed by atoms with van der Waals surface area (Å²) < 4.78 is 1.48. The molecule has 1 aromatic heterocycles. The summed E-state index contributed by atoms with van der Waals surface area (Å²) in [5.41, 5.74) is 0.335. The number of rotatable bonds is 1. The van der Waals surface area contributed by atoms with Gasteiger partial charge in [-0.3, -0.25) is 4.79 Å². The minimum Gasteiger partial charge on any atom is -0.388 e. The lowest BCUT2D eigenvalue weighted by atomic mass is 10.3. The van der Waals surface area contributed by atoms with Crippen LogP contribution < -0.4 is 0 Å². The number of carbonyl (C=O) groups excluding carboxylic acids is 1. The first-order valence-corrected chi connectivity index (χ1v) is 5.83. The fraction of sp³-hybridized carbons (Fsp3) is 0.500. The van der Waals surface area contributed by atoms with Gasteiger partial charge in [-0.25, -0.2) is 0 Å². The van der Waals surface area contributed by atoms with Gasteiger partial charge in [-0.1, -0.05) is 23.2 Å². The minimum absolute atomic E-state index is 0.112. The van der Waals surface area contributed by atoms with Crippen LogP contribution in [0.4, 0.5) is 0 Å². The van der Waals surface area contributed by atoms with E-state index in [-0.39, 0.29) is 24.1 Å². The molecule has 0 spiro atoms. The van der Waals surface area contributed by atoms with Gasteiger partial charge >= 0.3 is 0 Å². The average Bonchev–Trinajstić information content (AvgIpc) is 2.74. The van der Waals surface area contributed by atoms with E-state index in [1.54, 1.807) is 7.05 Å². The Labute approximate surface area is 108 Å². The fourth-order valence-electron chi connectivity index (χ4n) is 1.84. The smallest absolute Gasteiger partial charge is 0.270 e. The molecule has 2 atom stereocenters. The molecule has 2 N–H and O–H groups in total. The molecule has 7 heteroatoms. The van der Waals surface area contributed by atoms with Crippen molar-refractivity contribution in [1.82, 2.24) is 9.47 Å². The van der Waals surface area contributed by atoms with E-state index in [1.807, 2.05) is 0 Å². The largest absolute Gasteiger partial charge is 0.388 e. The zero-order valence-electron chi connectivity index (χ0n) is 9.10. The molecule has 1 fully saturated rings. The number of nitrogens with zero attached hydrogens (tertiary/aromatic N) is 2. The Hall–Kier alpha value is -0.750. The van der Waals surface area contributed by atoms with Crippen LogP contribution >= 0.6 is 23.2 Å². The number of halogens is 2. The van der Waals surface area contributed by atoms with Crippen LogP contribution in [0.3, 0.4) is 0 Å². The summed E-state index contributed by atoms with van der Waals surface area (Å²) in [5, 5.41) is 19.4. The molecule has 1 aliphatic rings. The molecule has 1 saturated heterocycles. The van der Waals surface area contributed by atoms with Gasteiger partial charge in [-0.2, -0.15) is 0 Å². The van der Waals surface area contributed by atoms with Gasteiger partial charge in [0.05, 0.1) is 17.2 Å². The maximum Gasteiger partial charge on any atom is 0.270 e. The van der Waals surface area contributed by atoms with E-state index in [9.17, 15) is 15.0 Å². The second-order valence-electron chi connectivity index (χ2n) is 4.07. The highest BCUT2D eigenvalue weighted by atomic mass is 35.5. The third kappa shape index (κ3) is 2.15. The Bertz CT molecular complexity index is 451. The number of β-amino-alcohol motifs (C(OH)–C–C–N with tert-alkyl or cyclic N) is 2. The summed E-state index contributed by atoms with van der Waals surface area (Å²) in [4.78, 5) is 13.5. The van der Waals surface area contributed by atoms with Gasteiger partial charge in [-0.15, -0.1) is 0 Å². The van der Waals surface area contributed by atoms with Crippen molar-refractivity contribution in [3.63, 3.8) is 0 Å². The number of amides is 1. The highest BCUT2D eigenvalue weighted by Crippen LogP contribution is 2.26. The van der Waals surface area contributed by atoms with Crippen LogP contribution in [0.2, 0.25) is 10.2 Å². The van der Waals surface area contributed by atoms with Crippen molar-refractivity contribution in [2.75, 3.05) is 13.1 Å². The van der Waals surface area contributed by atoms with Crippen LogP contribution in [0.15, 0.2) is 6.07 Å². The lowest BCUT2D eigenvalue weighted by Crippen LogP contribution is -2.31. The van der Waals surface area contributed by atoms with Gasteiger partial charge in [0, 0.05) is 20.1 Å². The maximum atomic E-state index is 12.1. The molecule has 1 amide bonds. The highest BCUT2D eigenvalue weighted by molar-refractivity contribution is 6.41. The van der Waals surface area contributed by atoms with Crippen molar-refractivity contribution in [3.8, 4) is 0 Å². The van der Waals surface area contributed by atoms with Gasteiger partial charge in [0.1, 0.15) is 10.8 Å². The quantitative estimate of drug-likeness (QED) is 0.787. The molecule has 0 bridgehead atoms. The third-order valence-corrected chi connectivity index (χ3v) is 3.72. The topological polar surface area (TPSA) is 65.7 Å². The van der Waals surface area contributed by atoms with Gasteiger partial charge in [-0.05, 0) is 6.07 Å². The number of hydrogen-bond acceptors (Lipinski definition) is 3. The Morgan fingerprint density at radius 2 is 1.88 bits per heavy atom. The molecule has 94 valence electrons. The Kier molecular flexibility index (Phi) is 3.36. The number of likely N-dealkylation sites (tertiary alicyclic amines) is 1. The summed E-state index contributed by atoms with van der Waals surface area (Å²) in [6, 6.07) is 1.48. The monoisotopic (exact) mass is 278 g/mol. The normalized spacial score (nSPS) is 24.4. The first-order chi connectivity index (χ1) is 7.91. The summed E-state index contributed by atoms with van der Waals surface area (Å²) in [5.74, 6) is -0.308. The zero-order valence-corrected chi connectivity index (χ0v) is 10.6. The summed E-state index contributed by atoms with van der Waals surface area (Å²) in [6.45, 7) is 0.223. The van der Waals surface area contributed by atoms with E-state index in [4.69, 9.17) is 23.2 Å². The van der Waals surface area contributed by atoms with E-state index < -0.39 is 12.2 Å². The standard InChI is InChI=1S/C10H12Cl2N2O3/c1-13-6(2-5(11)9(13)12)10(17)14-3-7(15)8(16)4-14/h2,7-8,15-16H,3-4H2,1H3/t7-,8+. The predicted molar refractivity (Wildman–Crippen MR) is 63.4 cm³/mol. The second kappa shape index (κ2) is 4.49. The van der Waals surface area contributed by atoms with Gasteiger partial charge < -0.3 is 19.7 Å². The molecule has 1 aromatic rings. The first-order valence-electron chi connectivity index (χ1n) is 5.08. The molecule has 2 heterocycles. The van der Waals surface area contributed by atoms with Crippen molar-refractivity contribution in [2.45, 2.75) is 12.2 Å². The van der Waals surface area contributed by atoms with E-state index in [0.717, 1.165) is 0 Å². The zero-order chi connectivity index (χ0) is 12.7. The Balaban J connectivity index is 2.23. The third-order valence-electron chi connectivity index (χ3n) is 2.88. The summed E-state index contributed by atoms with van der Waals surface area (Å²) in [6.07, 6.45) is -1.80. The molecule has 0 saturated carbocycles. The van der Waals surface area contributed by atoms with E-state index in [0.29, 0.717) is 10.7 Å². The molecule has 1 aliphatic heterocycles. The van der Waals surface area contributed by atoms with Crippen LogP contribution in [-0.2, 0) is 7.05 Å². The first kappa shape index (κ1) is 12.7. The van der Waals surface area contributed by atoms with Gasteiger partial charge in [0.2, 0.25) is 0 Å². The minimum atomic E-state index is -0.898. The van der Waals surface area contributed by atoms with E-state index >= 15 is 0 Å². The van der Waals surface area contributed by atoms with Gasteiger partial charge in [0.15, 0.2) is 0 Å². The van der Waals surface area contributed by atoms with Crippen molar-refractivity contribution >= 4 is 29.1 Å². The molecule has 5 nitrogen and oxygen atoms in total. The number of aromatic nitrogens is 1. The molecule has 0 radical (unpaired) electrons. The molecule has 17 heavy (non-hydrogen) atoms. The van der Waals surface area contributed by atoms with Crippen LogP contribution in [-0.4, -0.2) is 50.9 Å². The molecular formula is C10H12Cl2N2O3. The Morgan fingerprint density at radius 1 is 1.35 bits per heavy atom. The van der Waals surface area contributed by atoms with E-state index in [1.165, 1.54) is 15.5 Å². The second-order valence-corrected chi connectivity index (χ2v) is 4.84. The summed E-state index contributed by atoms with van der Waals surface area (Å²) >= 11 is 11.7. The summed E-state index contributed by atoms with van der Waals surface area (Å²) in [7, 11) is 1.63. The van der Waals surface area contributed by atoms with E-state index in [2.05, 4.69) is 0 Å². The number of carbonyl (C=O) groups is 1. The maximum absolute atomic E-state index is 12.1. The van der Waals surface area contributed by atoms with Crippen molar-refractivity contribution in [2.24, 2.45) is 7.05 Å². The molecular weight excluding hydrogens is 267 g/mol. The predicted octanol–water partition coefficient (Wildman–Crippen LogP) is 0.510. The number of aliphatic hydroxyl groups is 2. The van der Waals surface area contributed by atoms with Crippen LogP contribution in [0.25, 0.3) is 0 Å². The highest BCUT2D eigenvalue weighted by Gasteiger charge is 2.34. The fourth-order valence-corrected chi connectivity index (χ4v) is 2.22. The van der Waals surface area contributed by atoms with Crippen molar-refractivity contribution in [3.05, 3.63) is 21.9 Å². The molecule has 0 unspecified atom stereocenters. The van der Waals surface area contributed by atoms with Crippen LogP contribution in [0.5, 0.6) is 0 Å². The van der Waals surface area contributed by atoms with Gasteiger partial charge in [0.25, 0.3) is 5.91 Å². The lowest BCUT2D eigenvalue weighted by Gasteiger charge is -2.15. The Morgan fingerprint density at radius 3 is 2.29 bits per heavy atom. The van der Waals surface area contributed by atoms with Crippen LogP contribution in [0, 0.1) is 0 Å². The van der Waals surface area contributed by atoms with Crippen LogP contribution in [0.1, 0.15) is 10.5 Å². The molecule has 2 rings (SSSR count). The van der Waals surface area contributed by atoms with Crippen molar-refractivity contribution in [1.29, 1.82) is 0 Å². The molecule has 0 aliphatic carbocycles. The SMILES string of the molecule is Cn1c(C(=O)N2C[C@@H](O)[C@@H](O)C2)cc(Cl)c1Cl. The van der Waals surface area contributed by atoms with Crippen molar-refractivity contribution < 1.29 is 15.0 Å². The molecule has 0 aromatic carbocycles. The average molecular weight is 279 g/mol. The number of aliphatic hydroxyl groups excluding tert-OH is 2.